The molecule has 40 heavy (non-hydrogen) atoms. The van der Waals surface area contributed by atoms with Crippen LogP contribution in [0.15, 0.2) is 54.6 Å². The van der Waals surface area contributed by atoms with Crippen LogP contribution in [0, 0.1) is 11.8 Å². The van der Waals surface area contributed by atoms with Crippen molar-refractivity contribution in [1.82, 2.24) is 4.90 Å². The predicted octanol–water partition coefficient (Wildman–Crippen LogP) is 4.86. The number of carboxylic acids is 1. The van der Waals surface area contributed by atoms with E-state index < -0.39 is 23.2 Å². The lowest BCUT2D eigenvalue weighted by atomic mass is 9.85. The van der Waals surface area contributed by atoms with E-state index in [-0.39, 0.29) is 17.3 Å². The molecule has 2 aliphatic rings. The second kappa shape index (κ2) is 12.7. The van der Waals surface area contributed by atoms with Crippen molar-refractivity contribution in [2.45, 2.75) is 32.2 Å². The van der Waals surface area contributed by atoms with Crippen molar-refractivity contribution in [3.05, 3.63) is 76.9 Å². The fourth-order valence-electron chi connectivity index (χ4n) is 5.44. The third-order valence-corrected chi connectivity index (χ3v) is 7.60. The van der Waals surface area contributed by atoms with Crippen LogP contribution >= 0.6 is 0 Å². The van der Waals surface area contributed by atoms with Crippen LogP contribution < -0.4 is 9.47 Å². The summed E-state index contributed by atoms with van der Waals surface area (Å²) in [5.74, 6) is -0.951. The first-order valence-electron chi connectivity index (χ1n) is 13.2. The molecule has 4 N–H and O–H groups in total. The van der Waals surface area contributed by atoms with Gasteiger partial charge >= 0.3 is 5.97 Å². The molecule has 9 nitrogen and oxygen atoms in total. The number of aromatic hydroxyl groups is 3. The Morgan fingerprint density at radius 2 is 1.52 bits per heavy atom. The number of phenolic OH excluding ortho intramolecular Hbond substituents is 3. The van der Waals surface area contributed by atoms with Crippen LogP contribution in [0.3, 0.4) is 0 Å². The van der Waals surface area contributed by atoms with Crippen LogP contribution in [0.4, 0.5) is 0 Å². The van der Waals surface area contributed by atoms with Crippen molar-refractivity contribution < 1.29 is 39.5 Å². The Hall–Kier alpha value is -4.24. The molecule has 0 bridgehead atoms. The smallest absolute Gasteiger partial charge is 0.335 e. The number of carbonyl (C=O) groups excluding carboxylic acids is 1. The molecular formula is C31H35NO8. The lowest BCUT2D eigenvalue weighted by Crippen LogP contribution is -2.34. The van der Waals surface area contributed by atoms with Gasteiger partial charge in [-0.15, -0.1) is 0 Å². The van der Waals surface area contributed by atoms with E-state index in [0.29, 0.717) is 17.4 Å². The van der Waals surface area contributed by atoms with Gasteiger partial charge in [-0.2, -0.15) is 0 Å². The number of rotatable bonds is 7. The number of carbonyl (C=O) groups is 2. The summed E-state index contributed by atoms with van der Waals surface area (Å²) in [6.45, 7) is 3.27. The van der Waals surface area contributed by atoms with E-state index in [4.69, 9.17) is 29.9 Å². The Bertz CT molecular complexity index is 1330. The summed E-state index contributed by atoms with van der Waals surface area (Å²) in [5.41, 5.74) is 3.02. The number of aromatic carboxylic acids is 1. The van der Waals surface area contributed by atoms with E-state index in [1.165, 1.54) is 18.4 Å². The molecule has 0 radical (unpaired) electrons. The summed E-state index contributed by atoms with van der Waals surface area (Å²) in [6.07, 6.45) is 4.19. The van der Waals surface area contributed by atoms with Crippen LogP contribution in [-0.4, -0.2) is 64.4 Å². The number of benzene rings is 3. The number of phenols is 3. The van der Waals surface area contributed by atoms with Gasteiger partial charge < -0.3 is 29.9 Å². The zero-order valence-electron chi connectivity index (χ0n) is 22.7. The molecule has 1 aliphatic carbocycles. The Morgan fingerprint density at radius 1 is 0.925 bits per heavy atom. The minimum absolute atomic E-state index is 0.109. The maximum Gasteiger partial charge on any atom is 0.335 e. The van der Waals surface area contributed by atoms with Crippen LogP contribution in [0.2, 0.25) is 0 Å². The molecule has 3 aromatic carbocycles. The van der Waals surface area contributed by atoms with Gasteiger partial charge in [0, 0.05) is 18.0 Å². The van der Waals surface area contributed by atoms with Gasteiger partial charge in [0.2, 0.25) is 0 Å². The number of fused-ring (bicyclic) bond motifs is 1. The van der Waals surface area contributed by atoms with Gasteiger partial charge in [-0.1, -0.05) is 30.3 Å². The van der Waals surface area contributed by atoms with Crippen LogP contribution in [0.5, 0.6) is 28.7 Å². The summed E-state index contributed by atoms with van der Waals surface area (Å²) in [5, 5.41) is 35.0. The van der Waals surface area contributed by atoms with E-state index in [1.54, 1.807) is 14.2 Å². The molecule has 3 aromatic rings. The van der Waals surface area contributed by atoms with Gasteiger partial charge in [0.25, 0.3) is 0 Å². The van der Waals surface area contributed by atoms with Gasteiger partial charge in [-0.3, -0.25) is 9.69 Å². The van der Waals surface area contributed by atoms with E-state index >= 15 is 0 Å². The molecule has 1 aliphatic heterocycles. The van der Waals surface area contributed by atoms with Gasteiger partial charge in [-0.25, -0.2) is 4.79 Å². The number of ether oxygens (including phenoxy) is 2. The maximum atomic E-state index is 12.9. The molecule has 0 spiro atoms. The van der Waals surface area contributed by atoms with Crippen molar-refractivity contribution in [2.24, 2.45) is 11.8 Å². The average molecular weight is 550 g/mol. The van der Waals surface area contributed by atoms with Crippen LogP contribution in [0.25, 0.3) is 0 Å². The lowest BCUT2D eigenvalue weighted by molar-refractivity contribution is 0.0695. The summed E-state index contributed by atoms with van der Waals surface area (Å²) in [7, 11) is 3.26. The van der Waals surface area contributed by atoms with E-state index in [0.717, 1.165) is 55.7 Å². The first-order chi connectivity index (χ1) is 19.2. The molecule has 5 rings (SSSR count). The molecule has 0 amide bonds. The third kappa shape index (κ3) is 6.66. The largest absolute Gasteiger partial charge is 0.504 e. The van der Waals surface area contributed by atoms with Gasteiger partial charge in [0.05, 0.1) is 19.8 Å². The highest BCUT2D eigenvalue weighted by atomic mass is 16.5. The predicted molar refractivity (Wildman–Crippen MR) is 149 cm³/mol. The summed E-state index contributed by atoms with van der Waals surface area (Å²) in [6, 6.07) is 16.2. The number of ketones is 1. The molecular weight excluding hydrogens is 514 g/mol. The Labute approximate surface area is 233 Å². The zero-order chi connectivity index (χ0) is 28.8. The third-order valence-electron chi connectivity index (χ3n) is 7.60. The first kappa shape index (κ1) is 28.8. The molecule has 1 unspecified atom stereocenters. The minimum Gasteiger partial charge on any atom is -0.504 e. The van der Waals surface area contributed by atoms with E-state index in [2.05, 4.69) is 35.2 Å². The SMILES string of the molecule is COc1cc2c(cc1OC)C(=O)C(CC1CCN(Cc3ccccc3)CC1)C2.O=C(O)c1cc(O)c(O)c(O)c1. The Morgan fingerprint density at radius 3 is 2.10 bits per heavy atom. The van der Waals surface area contributed by atoms with E-state index in [1.807, 2.05) is 12.1 Å². The van der Waals surface area contributed by atoms with Crippen molar-refractivity contribution in [1.29, 1.82) is 0 Å². The quantitative estimate of drug-likeness (QED) is 0.305. The highest BCUT2D eigenvalue weighted by Gasteiger charge is 2.34. The number of Topliss-reactive ketones (excluding diaryl/α,β-unsaturated/α-hetero) is 1. The summed E-state index contributed by atoms with van der Waals surface area (Å²) >= 11 is 0. The molecule has 1 heterocycles. The number of carboxylic acid groups (broad SMARTS) is 1. The normalized spacial score (nSPS) is 17.1. The second-order valence-corrected chi connectivity index (χ2v) is 10.2. The summed E-state index contributed by atoms with van der Waals surface area (Å²) in [4.78, 5) is 25.8. The second-order valence-electron chi connectivity index (χ2n) is 10.2. The number of hydrogen-bond acceptors (Lipinski definition) is 8. The molecule has 0 aromatic heterocycles. The van der Waals surface area contributed by atoms with Crippen molar-refractivity contribution in [2.75, 3.05) is 27.3 Å². The monoisotopic (exact) mass is 549 g/mol. The zero-order valence-corrected chi connectivity index (χ0v) is 22.7. The fraction of sp³-hybridized carbons (Fsp3) is 0.355. The van der Waals surface area contributed by atoms with Crippen molar-refractivity contribution >= 4 is 11.8 Å². The number of methoxy groups -OCH3 is 2. The van der Waals surface area contributed by atoms with Crippen LogP contribution in [-0.2, 0) is 13.0 Å². The average Bonchev–Trinajstić information content (AvgIpc) is 3.26. The Kier molecular flexibility index (Phi) is 9.16. The highest BCUT2D eigenvalue weighted by Crippen LogP contribution is 2.39. The topological polar surface area (TPSA) is 137 Å². The summed E-state index contributed by atoms with van der Waals surface area (Å²) < 4.78 is 10.8. The first-order valence-corrected chi connectivity index (χ1v) is 13.2. The van der Waals surface area contributed by atoms with Gasteiger partial charge in [0.15, 0.2) is 34.5 Å². The van der Waals surface area contributed by atoms with Crippen molar-refractivity contribution in [3.63, 3.8) is 0 Å². The number of hydrogen-bond donors (Lipinski definition) is 4. The fourth-order valence-corrected chi connectivity index (χ4v) is 5.44. The van der Waals surface area contributed by atoms with Gasteiger partial charge in [-0.05, 0) is 80.1 Å². The lowest BCUT2D eigenvalue weighted by Gasteiger charge is -2.32. The maximum absolute atomic E-state index is 12.9. The van der Waals surface area contributed by atoms with E-state index in [9.17, 15) is 9.59 Å². The molecule has 1 saturated heterocycles. The molecule has 212 valence electrons. The van der Waals surface area contributed by atoms with Crippen LogP contribution in [0.1, 0.15) is 51.1 Å². The minimum atomic E-state index is -1.29. The number of nitrogens with zero attached hydrogens (tertiary/aromatic N) is 1. The standard InChI is InChI=1S/C24H29NO3.C7H6O5/c1-27-22-14-19-13-20(24(26)21(19)15-23(22)28-2)12-17-8-10-25(11-9-17)16-18-6-4-3-5-7-18;8-4-1-3(7(11)12)2-5(9)6(4)10/h3-7,14-15,17,20H,8-13,16H2,1-2H3;1-2,8-10H,(H,11,12). The van der Waals surface area contributed by atoms with Gasteiger partial charge in [0.1, 0.15) is 0 Å². The highest BCUT2D eigenvalue weighted by molar-refractivity contribution is 6.03. The molecule has 1 fully saturated rings. The van der Waals surface area contributed by atoms with Crippen molar-refractivity contribution in [3.8, 4) is 28.7 Å². The number of piperidine rings is 1. The molecule has 9 heteroatoms. The Balaban J connectivity index is 0.000000259. The number of likely N-dealkylation sites (tertiary alicyclic amines) is 1. The molecule has 1 atom stereocenters. The molecule has 0 saturated carbocycles.